The summed E-state index contributed by atoms with van der Waals surface area (Å²) in [7, 11) is 0. The molecule has 1 aliphatic heterocycles. The van der Waals surface area contributed by atoms with Gasteiger partial charge in [0.2, 0.25) is 6.79 Å². The van der Waals surface area contributed by atoms with Gasteiger partial charge in [0.1, 0.15) is 5.75 Å². The highest BCUT2D eigenvalue weighted by Crippen LogP contribution is 2.41. The van der Waals surface area contributed by atoms with Crippen LogP contribution < -0.4 is 14.2 Å². The molecule has 3 aromatic rings. The number of ether oxygens (including phenoxy) is 3. The first-order valence-corrected chi connectivity index (χ1v) is 10.8. The van der Waals surface area contributed by atoms with Gasteiger partial charge in [-0.25, -0.2) is 0 Å². The number of carboxylic acids is 1. The molecule has 0 saturated carbocycles. The minimum atomic E-state index is -0.795. The molecule has 0 fully saturated rings. The van der Waals surface area contributed by atoms with Gasteiger partial charge >= 0.3 is 5.97 Å². The van der Waals surface area contributed by atoms with Crippen molar-refractivity contribution in [3.8, 4) is 28.4 Å². The van der Waals surface area contributed by atoms with E-state index in [4.69, 9.17) is 19.3 Å². The summed E-state index contributed by atoms with van der Waals surface area (Å²) < 4.78 is 16.9. The summed E-state index contributed by atoms with van der Waals surface area (Å²) in [5.74, 6) is 2.35. The maximum atomic E-state index is 10.6. The third kappa shape index (κ3) is 5.07. The molecule has 154 valence electrons. The second kappa shape index (κ2) is 9.59. The first-order valence-electron chi connectivity index (χ1n) is 9.68. The Balaban J connectivity index is 1.31. The molecular weight excluding hydrogens is 400 g/mol. The summed E-state index contributed by atoms with van der Waals surface area (Å²) >= 11 is 1.38. The number of fused-ring (bicyclic) bond motifs is 1. The number of benzene rings is 3. The normalized spacial score (nSPS) is 12.0. The highest BCUT2D eigenvalue weighted by atomic mass is 32.2. The first-order chi connectivity index (χ1) is 14.7. The van der Waals surface area contributed by atoms with Gasteiger partial charge in [-0.15, -0.1) is 11.8 Å². The molecule has 3 aromatic carbocycles. The number of carboxylic acid groups (broad SMARTS) is 1. The summed E-state index contributed by atoms with van der Waals surface area (Å²) in [4.78, 5) is 10.6. The molecule has 0 saturated heterocycles. The Labute approximate surface area is 179 Å². The Bertz CT molecular complexity index is 1020. The highest BCUT2D eigenvalue weighted by Gasteiger charge is 2.18. The lowest BCUT2D eigenvalue weighted by Gasteiger charge is -2.09. The minimum absolute atomic E-state index is 0.103. The van der Waals surface area contributed by atoms with Crippen molar-refractivity contribution >= 4 is 17.7 Å². The summed E-state index contributed by atoms with van der Waals surface area (Å²) in [6.07, 6.45) is 0.796. The lowest BCUT2D eigenvalue weighted by Crippen LogP contribution is -2.02. The van der Waals surface area contributed by atoms with Crippen molar-refractivity contribution in [2.24, 2.45) is 0 Å². The number of aliphatic carboxylic acids is 1. The molecule has 6 heteroatoms. The number of hydrogen-bond donors (Lipinski definition) is 1. The fourth-order valence-electron chi connectivity index (χ4n) is 3.28. The van der Waals surface area contributed by atoms with Gasteiger partial charge in [-0.05, 0) is 34.9 Å². The van der Waals surface area contributed by atoms with Crippen LogP contribution in [-0.4, -0.2) is 30.2 Å². The van der Waals surface area contributed by atoms with Crippen molar-refractivity contribution in [2.45, 2.75) is 12.2 Å². The number of carbonyl (C=O) groups is 1. The van der Waals surface area contributed by atoms with Crippen LogP contribution in [0.25, 0.3) is 11.1 Å². The maximum Gasteiger partial charge on any atom is 0.313 e. The Hall–Kier alpha value is -3.12. The van der Waals surface area contributed by atoms with Crippen LogP contribution in [0.2, 0.25) is 0 Å². The predicted molar refractivity (Wildman–Crippen MR) is 117 cm³/mol. The standard InChI is InChI=1S/C24H22O5S/c25-23(26)15-30-14-18-3-1-4-20(13-18)27-12-11-17-7-9-19(10-8-17)21-5-2-6-22-24(21)29-16-28-22/h1-10,13H,11-12,14-16H2,(H,25,26). The van der Waals surface area contributed by atoms with Crippen LogP contribution in [0.5, 0.6) is 17.2 Å². The molecular formula is C24H22O5S. The summed E-state index contributed by atoms with van der Waals surface area (Å²) in [5.41, 5.74) is 4.38. The van der Waals surface area contributed by atoms with Crippen LogP contribution in [0, 0.1) is 0 Å². The van der Waals surface area contributed by atoms with Gasteiger partial charge in [-0.3, -0.25) is 4.79 Å². The van der Waals surface area contributed by atoms with E-state index >= 15 is 0 Å². The predicted octanol–water partition coefficient (Wildman–Crippen LogP) is 5.02. The van der Waals surface area contributed by atoms with Crippen LogP contribution in [0.4, 0.5) is 0 Å². The molecule has 1 aliphatic rings. The van der Waals surface area contributed by atoms with Gasteiger partial charge in [-0.1, -0.05) is 48.5 Å². The van der Waals surface area contributed by atoms with Crippen LogP contribution in [0.15, 0.2) is 66.7 Å². The summed E-state index contributed by atoms with van der Waals surface area (Å²) in [6.45, 7) is 0.837. The van der Waals surface area contributed by atoms with Gasteiger partial charge in [0, 0.05) is 17.7 Å². The molecule has 4 rings (SSSR count). The average molecular weight is 423 g/mol. The third-order valence-electron chi connectivity index (χ3n) is 4.71. The quantitative estimate of drug-likeness (QED) is 0.522. The van der Waals surface area contributed by atoms with Crippen LogP contribution in [0.3, 0.4) is 0 Å². The number of thioether (sulfide) groups is 1. The highest BCUT2D eigenvalue weighted by molar-refractivity contribution is 7.99. The van der Waals surface area contributed by atoms with Crippen molar-refractivity contribution < 1.29 is 24.1 Å². The van der Waals surface area contributed by atoms with Gasteiger partial charge in [-0.2, -0.15) is 0 Å². The van der Waals surface area contributed by atoms with Gasteiger partial charge in [0.05, 0.1) is 12.4 Å². The van der Waals surface area contributed by atoms with E-state index in [9.17, 15) is 4.79 Å². The lowest BCUT2D eigenvalue weighted by molar-refractivity contribution is -0.133. The Morgan fingerprint density at radius 2 is 1.83 bits per heavy atom. The van der Waals surface area contributed by atoms with E-state index in [0.29, 0.717) is 12.4 Å². The molecule has 0 unspecified atom stereocenters. The largest absolute Gasteiger partial charge is 0.493 e. The zero-order valence-corrected chi connectivity index (χ0v) is 17.2. The Morgan fingerprint density at radius 1 is 1.00 bits per heavy atom. The van der Waals surface area contributed by atoms with E-state index in [-0.39, 0.29) is 12.5 Å². The van der Waals surface area contributed by atoms with E-state index < -0.39 is 5.97 Å². The van der Waals surface area contributed by atoms with Crippen LogP contribution in [0.1, 0.15) is 11.1 Å². The molecule has 30 heavy (non-hydrogen) atoms. The second-order valence-electron chi connectivity index (χ2n) is 6.87. The fourth-order valence-corrected chi connectivity index (χ4v) is 3.97. The van der Waals surface area contributed by atoms with Crippen molar-refractivity contribution in [1.82, 2.24) is 0 Å². The zero-order chi connectivity index (χ0) is 20.8. The molecule has 5 nitrogen and oxygen atoms in total. The lowest BCUT2D eigenvalue weighted by atomic mass is 10.0. The molecule has 0 spiro atoms. The third-order valence-corrected chi connectivity index (χ3v) is 5.70. The molecule has 0 aliphatic carbocycles. The number of hydrogen-bond acceptors (Lipinski definition) is 5. The summed E-state index contributed by atoms with van der Waals surface area (Å²) in [5, 5.41) is 8.74. The smallest absolute Gasteiger partial charge is 0.313 e. The van der Waals surface area contributed by atoms with E-state index in [2.05, 4.69) is 24.3 Å². The Morgan fingerprint density at radius 3 is 2.67 bits per heavy atom. The van der Waals surface area contributed by atoms with Crippen molar-refractivity contribution in [2.75, 3.05) is 19.2 Å². The van der Waals surface area contributed by atoms with E-state index in [0.717, 1.165) is 40.4 Å². The van der Waals surface area contributed by atoms with E-state index in [1.807, 2.05) is 42.5 Å². The maximum absolute atomic E-state index is 10.6. The van der Waals surface area contributed by atoms with Crippen molar-refractivity contribution in [3.63, 3.8) is 0 Å². The SMILES string of the molecule is O=C(O)CSCc1cccc(OCCc2ccc(-c3cccc4c3OCO4)cc2)c1. The van der Waals surface area contributed by atoms with Crippen LogP contribution >= 0.6 is 11.8 Å². The minimum Gasteiger partial charge on any atom is -0.493 e. The molecule has 0 bridgehead atoms. The molecule has 1 N–H and O–H groups in total. The van der Waals surface area contributed by atoms with Crippen molar-refractivity contribution in [1.29, 1.82) is 0 Å². The summed E-state index contributed by atoms with van der Waals surface area (Å²) in [6, 6.07) is 22.1. The van der Waals surface area contributed by atoms with E-state index in [1.165, 1.54) is 17.3 Å². The second-order valence-corrected chi connectivity index (χ2v) is 7.85. The zero-order valence-electron chi connectivity index (χ0n) is 16.4. The van der Waals surface area contributed by atoms with Crippen molar-refractivity contribution in [3.05, 3.63) is 77.9 Å². The average Bonchev–Trinajstić information content (AvgIpc) is 3.23. The number of rotatable bonds is 9. The van der Waals surface area contributed by atoms with Crippen LogP contribution in [-0.2, 0) is 17.0 Å². The monoisotopic (exact) mass is 422 g/mol. The number of para-hydroxylation sites is 1. The topological polar surface area (TPSA) is 65.0 Å². The van der Waals surface area contributed by atoms with E-state index in [1.54, 1.807) is 0 Å². The first kappa shape index (κ1) is 20.2. The molecule has 0 amide bonds. The molecule has 0 radical (unpaired) electrons. The fraction of sp³-hybridized carbons (Fsp3) is 0.208. The molecule has 0 aromatic heterocycles. The van der Waals surface area contributed by atoms with Gasteiger partial charge in [0.15, 0.2) is 11.5 Å². The molecule has 0 atom stereocenters. The Kier molecular flexibility index (Phi) is 6.44. The van der Waals surface area contributed by atoms with Gasteiger partial charge < -0.3 is 19.3 Å². The van der Waals surface area contributed by atoms with Gasteiger partial charge in [0.25, 0.3) is 0 Å². The molecule has 1 heterocycles.